The minimum Gasteiger partial charge on any atom is -0.481 e. The van der Waals surface area contributed by atoms with E-state index in [1.807, 2.05) is 61.2 Å². The molecule has 1 aromatic heterocycles. The topological polar surface area (TPSA) is 70.4 Å². The summed E-state index contributed by atoms with van der Waals surface area (Å²) in [6, 6.07) is 26.6. The summed E-state index contributed by atoms with van der Waals surface area (Å²) in [5, 5.41) is 21.9. The number of carboxylic acids is 1. The Balaban J connectivity index is 1.38. The van der Waals surface area contributed by atoms with Crippen molar-refractivity contribution in [3.05, 3.63) is 112 Å². The fraction of sp³-hybridized carbons (Fsp3) is 0.314. The van der Waals surface area contributed by atoms with Crippen molar-refractivity contribution < 1.29 is 15.0 Å². The van der Waals surface area contributed by atoms with Crippen molar-refractivity contribution in [1.29, 1.82) is 0 Å². The highest BCUT2D eigenvalue weighted by Gasteiger charge is 2.44. The van der Waals surface area contributed by atoms with Crippen LogP contribution < -0.4 is 0 Å². The molecule has 0 spiro atoms. The molecule has 1 saturated carbocycles. The maximum Gasteiger partial charge on any atom is 0.303 e. The van der Waals surface area contributed by atoms with Crippen LogP contribution in [0.15, 0.2) is 78.9 Å². The molecule has 6 heteroatoms. The number of aromatic nitrogens is 1. The Kier molecular flexibility index (Phi) is 9.49. The van der Waals surface area contributed by atoms with Crippen LogP contribution in [0.25, 0.3) is 23.1 Å². The zero-order valence-corrected chi connectivity index (χ0v) is 24.9. The van der Waals surface area contributed by atoms with Gasteiger partial charge in [-0.25, -0.2) is 4.98 Å². The number of nitrogens with zero attached hydrogens (tertiary/aromatic N) is 1. The van der Waals surface area contributed by atoms with Gasteiger partial charge in [-0.3, -0.25) is 4.79 Å². The smallest absolute Gasteiger partial charge is 0.303 e. The average molecular weight is 586 g/mol. The Hall–Kier alpha value is -3.12. The maximum atomic E-state index is 11.3. The second kappa shape index (κ2) is 13.2. The third-order valence-electron chi connectivity index (χ3n) is 7.99. The number of pyridine rings is 1. The standard InChI is InChI=1S/C35H36ClNO3S/c1-2-33(38)31-9-4-3-8-30(31)29(16-19-41-23-35(17-18-35)22-34(39)40)26-7-5-6-24(20-26)10-14-28-15-12-25-11-13-27(36)21-32(25)37-28/h3-15,20-21,29,33,38H,2,16-19,22-23H2,1H3,(H,39,40)/b14-10+/t29-,33?/m1/s1. The van der Waals surface area contributed by atoms with Crippen LogP contribution >= 0.6 is 23.4 Å². The quantitative estimate of drug-likeness (QED) is 0.153. The lowest BCUT2D eigenvalue weighted by molar-refractivity contribution is -0.138. The highest BCUT2D eigenvalue weighted by atomic mass is 35.5. The van der Waals surface area contributed by atoms with E-state index in [0.717, 1.165) is 64.1 Å². The molecule has 1 heterocycles. The first-order valence-electron chi connectivity index (χ1n) is 14.3. The third kappa shape index (κ3) is 7.59. The number of carbonyl (C=O) groups is 1. The van der Waals surface area contributed by atoms with Crippen molar-refractivity contribution in [3.63, 3.8) is 0 Å². The molecule has 41 heavy (non-hydrogen) atoms. The van der Waals surface area contributed by atoms with Gasteiger partial charge in [0.1, 0.15) is 0 Å². The lowest BCUT2D eigenvalue weighted by Crippen LogP contribution is -2.12. The van der Waals surface area contributed by atoms with Gasteiger partial charge in [0, 0.05) is 16.3 Å². The van der Waals surface area contributed by atoms with E-state index >= 15 is 0 Å². The Morgan fingerprint density at radius 2 is 1.80 bits per heavy atom. The number of carboxylic acid groups (broad SMARTS) is 1. The number of thioether (sulfide) groups is 1. The first kappa shape index (κ1) is 29.4. The molecule has 5 rings (SSSR count). The summed E-state index contributed by atoms with van der Waals surface area (Å²) in [7, 11) is 0. The number of benzene rings is 3. The van der Waals surface area contributed by atoms with Crippen LogP contribution in [0, 0.1) is 5.41 Å². The fourth-order valence-electron chi connectivity index (χ4n) is 5.47. The molecule has 1 unspecified atom stereocenters. The van der Waals surface area contributed by atoms with Gasteiger partial charge in [0.05, 0.1) is 23.7 Å². The number of aliphatic hydroxyl groups excluding tert-OH is 1. The molecule has 3 aromatic carbocycles. The number of aliphatic carboxylic acids is 1. The molecular weight excluding hydrogens is 550 g/mol. The molecule has 2 atom stereocenters. The van der Waals surface area contributed by atoms with E-state index in [0.29, 0.717) is 11.4 Å². The van der Waals surface area contributed by atoms with Gasteiger partial charge in [0.2, 0.25) is 0 Å². The Bertz CT molecular complexity index is 1550. The molecule has 0 bridgehead atoms. The van der Waals surface area contributed by atoms with Crippen molar-refractivity contribution in [2.75, 3.05) is 11.5 Å². The number of halogens is 1. The van der Waals surface area contributed by atoms with Gasteiger partial charge in [-0.05, 0) is 89.1 Å². The van der Waals surface area contributed by atoms with Gasteiger partial charge in [0.15, 0.2) is 0 Å². The highest BCUT2D eigenvalue weighted by molar-refractivity contribution is 7.99. The molecule has 1 aliphatic rings. The van der Waals surface area contributed by atoms with Crippen LogP contribution in [0.2, 0.25) is 5.02 Å². The first-order chi connectivity index (χ1) is 19.9. The molecule has 1 aliphatic carbocycles. The van der Waals surface area contributed by atoms with Crippen LogP contribution in [-0.4, -0.2) is 32.7 Å². The molecule has 4 aromatic rings. The van der Waals surface area contributed by atoms with E-state index in [4.69, 9.17) is 16.6 Å². The molecule has 0 radical (unpaired) electrons. The monoisotopic (exact) mass is 585 g/mol. The van der Waals surface area contributed by atoms with E-state index in [2.05, 4.69) is 48.5 Å². The largest absolute Gasteiger partial charge is 0.481 e. The van der Waals surface area contributed by atoms with Crippen molar-refractivity contribution in [3.8, 4) is 0 Å². The number of fused-ring (bicyclic) bond motifs is 1. The SMILES string of the molecule is CCC(O)c1ccccc1[C@H](CCSCC1(CC(=O)O)CC1)c1cccc(/C=C/c2ccc3ccc(Cl)cc3n2)c1. The van der Waals surface area contributed by atoms with Crippen molar-refractivity contribution in [2.45, 2.75) is 51.0 Å². The normalized spacial score (nSPS) is 15.7. The van der Waals surface area contributed by atoms with E-state index < -0.39 is 12.1 Å². The molecule has 0 aliphatic heterocycles. The zero-order valence-electron chi connectivity index (χ0n) is 23.3. The van der Waals surface area contributed by atoms with Crippen LogP contribution in [0.5, 0.6) is 0 Å². The summed E-state index contributed by atoms with van der Waals surface area (Å²) in [5.74, 6) is 1.23. The lowest BCUT2D eigenvalue weighted by Gasteiger charge is -2.24. The number of rotatable bonds is 13. The second-order valence-corrected chi connectivity index (χ2v) is 12.6. The molecule has 2 N–H and O–H groups in total. The van der Waals surface area contributed by atoms with Crippen LogP contribution in [-0.2, 0) is 4.79 Å². The average Bonchev–Trinajstić information content (AvgIpc) is 3.74. The van der Waals surface area contributed by atoms with Crippen molar-refractivity contribution >= 4 is 52.4 Å². The third-order valence-corrected chi connectivity index (χ3v) is 9.57. The van der Waals surface area contributed by atoms with Gasteiger partial charge in [-0.1, -0.05) is 85.3 Å². The Morgan fingerprint density at radius 3 is 2.56 bits per heavy atom. The van der Waals surface area contributed by atoms with Crippen molar-refractivity contribution in [1.82, 2.24) is 4.98 Å². The summed E-state index contributed by atoms with van der Waals surface area (Å²) in [6.07, 6.45) is 7.44. The van der Waals surface area contributed by atoms with E-state index in [-0.39, 0.29) is 17.8 Å². The Labute approximate surface area is 251 Å². The predicted octanol–water partition coefficient (Wildman–Crippen LogP) is 9.01. The summed E-state index contributed by atoms with van der Waals surface area (Å²) < 4.78 is 0. The molecule has 4 nitrogen and oxygen atoms in total. The van der Waals surface area contributed by atoms with Gasteiger partial charge in [-0.2, -0.15) is 11.8 Å². The second-order valence-electron chi connectivity index (χ2n) is 11.1. The maximum absolute atomic E-state index is 11.3. The first-order valence-corrected chi connectivity index (χ1v) is 15.8. The Morgan fingerprint density at radius 1 is 1.02 bits per heavy atom. The highest BCUT2D eigenvalue weighted by Crippen LogP contribution is 2.51. The van der Waals surface area contributed by atoms with Gasteiger partial charge >= 0.3 is 5.97 Å². The van der Waals surface area contributed by atoms with E-state index in [9.17, 15) is 15.0 Å². The predicted molar refractivity (Wildman–Crippen MR) is 172 cm³/mol. The number of hydrogen-bond donors (Lipinski definition) is 2. The fourth-order valence-corrected chi connectivity index (χ4v) is 7.01. The zero-order chi connectivity index (χ0) is 28.8. The lowest BCUT2D eigenvalue weighted by atomic mass is 9.84. The van der Waals surface area contributed by atoms with Gasteiger partial charge < -0.3 is 10.2 Å². The van der Waals surface area contributed by atoms with E-state index in [1.54, 1.807) is 0 Å². The summed E-state index contributed by atoms with van der Waals surface area (Å²) >= 11 is 8.03. The number of hydrogen-bond acceptors (Lipinski definition) is 4. The summed E-state index contributed by atoms with van der Waals surface area (Å²) in [5.41, 5.74) is 6.14. The van der Waals surface area contributed by atoms with Crippen LogP contribution in [0.4, 0.5) is 0 Å². The van der Waals surface area contributed by atoms with Crippen molar-refractivity contribution in [2.24, 2.45) is 5.41 Å². The minimum absolute atomic E-state index is 0.0187. The molecule has 0 amide bonds. The molecule has 1 fully saturated rings. The minimum atomic E-state index is -0.698. The van der Waals surface area contributed by atoms with Crippen LogP contribution in [0.3, 0.4) is 0 Å². The van der Waals surface area contributed by atoms with E-state index in [1.165, 1.54) is 5.56 Å². The summed E-state index contributed by atoms with van der Waals surface area (Å²) in [4.78, 5) is 16.0. The molecule has 212 valence electrons. The molecule has 0 saturated heterocycles. The van der Waals surface area contributed by atoms with Gasteiger partial charge in [-0.15, -0.1) is 0 Å². The van der Waals surface area contributed by atoms with Gasteiger partial charge in [0.25, 0.3) is 0 Å². The molecular formula is C35H36ClNO3S. The number of aliphatic hydroxyl groups is 1. The summed E-state index contributed by atoms with van der Waals surface area (Å²) in [6.45, 7) is 2.00. The van der Waals surface area contributed by atoms with Crippen LogP contribution in [0.1, 0.15) is 79.0 Å².